The molecule has 2 aromatic carbocycles. The number of aromatic nitrogens is 1. The molecule has 1 aromatic heterocycles. The number of carbonyl (C=O) groups is 1. The van der Waals surface area contributed by atoms with Crippen LogP contribution < -0.4 is 10.5 Å². The van der Waals surface area contributed by atoms with E-state index in [1.54, 1.807) is 0 Å². The van der Waals surface area contributed by atoms with Crippen LogP contribution in [-0.2, 0) is 11.3 Å². The molecule has 3 rings (SSSR count). The molecular formula is C21H18ClN3O2. The zero-order valence-electron chi connectivity index (χ0n) is 14.8. The number of nitriles is 1. The first-order valence-corrected chi connectivity index (χ1v) is 8.76. The van der Waals surface area contributed by atoms with Gasteiger partial charge >= 0.3 is 0 Å². The van der Waals surface area contributed by atoms with Gasteiger partial charge in [0.25, 0.3) is 5.91 Å². The van der Waals surface area contributed by atoms with Crippen LogP contribution in [0.5, 0.6) is 5.75 Å². The summed E-state index contributed by atoms with van der Waals surface area (Å²) < 4.78 is 7.85. The summed E-state index contributed by atoms with van der Waals surface area (Å²) in [4.78, 5) is 11.4. The van der Waals surface area contributed by atoms with Crippen molar-refractivity contribution >= 4 is 34.5 Å². The lowest BCUT2D eigenvalue weighted by molar-refractivity contribution is -0.114. The Hall–Kier alpha value is -3.23. The minimum Gasteiger partial charge on any atom is -0.492 e. The number of rotatable bonds is 6. The van der Waals surface area contributed by atoms with Gasteiger partial charge in [0.1, 0.15) is 24.0 Å². The topological polar surface area (TPSA) is 81.0 Å². The molecule has 0 saturated carbocycles. The van der Waals surface area contributed by atoms with Gasteiger partial charge in [-0.1, -0.05) is 29.8 Å². The summed E-state index contributed by atoms with van der Waals surface area (Å²) in [6, 6.07) is 15.2. The van der Waals surface area contributed by atoms with Gasteiger partial charge in [0.05, 0.1) is 6.54 Å². The van der Waals surface area contributed by atoms with Crippen molar-refractivity contribution in [3.8, 4) is 11.8 Å². The van der Waals surface area contributed by atoms with Crippen molar-refractivity contribution in [1.29, 1.82) is 5.26 Å². The molecule has 0 unspecified atom stereocenters. The number of fused-ring (bicyclic) bond motifs is 1. The quantitative estimate of drug-likeness (QED) is 0.517. The van der Waals surface area contributed by atoms with Gasteiger partial charge in [0.2, 0.25) is 0 Å². The van der Waals surface area contributed by atoms with E-state index in [-0.39, 0.29) is 5.57 Å². The molecule has 136 valence electrons. The summed E-state index contributed by atoms with van der Waals surface area (Å²) in [5.41, 5.74) is 7.89. The summed E-state index contributed by atoms with van der Waals surface area (Å²) >= 11 is 6.03. The number of halogens is 1. The second kappa shape index (κ2) is 7.98. The lowest BCUT2D eigenvalue weighted by Crippen LogP contribution is -2.12. The SMILES string of the molecule is Cc1cc(OCCn2cc(/C=C(\C#N)C(N)=O)c3ccccc32)ccc1Cl. The van der Waals surface area contributed by atoms with E-state index in [0.717, 1.165) is 27.8 Å². The fraction of sp³-hybridized carbons (Fsp3) is 0.143. The standard InChI is InChI=1S/C21H18ClN3O2/c1-14-10-17(6-7-19(14)22)27-9-8-25-13-16(11-15(12-23)21(24)26)18-4-2-3-5-20(18)25/h2-7,10-11,13H,8-9H2,1H3,(H2,24,26)/b15-11+. The van der Waals surface area contributed by atoms with Gasteiger partial charge in [-0.05, 0) is 42.8 Å². The Morgan fingerprint density at radius 2 is 2.11 bits per heavy atom. The average molecular weight is 380 g/mol. The van der Waals surface area contributed by atoms with Gasteiger partial charge in [0, 0.05) is 27.7 Å². The predicted molar refractivity (Wildman–Crippen MR) is 106 cm³/mol. The number of hydrogen-bond acceptors (Lipinski definition) is 3. The number of nitrogens with two attached hydrogens (primary N) is 1. The largest absolute Gasteiger partial charge is 0.492 e. The lowest BCUT2D eigenvalue weighted by Gasteiger charge is -2.09. The van der Waals surface area contributed by atoms with E-state index < -0.39 is 5.91 Å². The first kappa shape index (κ1) is 18.6. The lowest BCUT2D eigenvalue weighted by atomic mass is 10.1. The molecule has 1 heterocycles. The Labute approximate surface area is 162 Å². The Bertz CT molecular complexity index is 1080. The molecule has 3 aromatic rings. The van der Waals surface area contributed by atoms with E-state index >= 15 is 0 Å². The summed E-state index contributed by atoms with van der Waals surface area (Å²) in [5, 5.41) is 10.7. The monoisotopic (exact) mass is 379 g/mol. The van der Waals surface area contributed by atoms with Crippen LogP contribution >= 0.6 is 11.6 Å². The molecule has 0 aliphatic carbocycles. The zero-order chi connectivity index (χ0) is 19.4. The van der Waals surface area contributed by atoms with Gasteiger partial charge in [-0.15, -0.1) is 0 Å². The highest BCUT2D eigenvalue weighted by atomic mass is 35.5. The van der Waals surface area contributed by atoms with Gasteiger partial charge in [-0.2, -0.15) is 5.26 Å². The number of hydrogen-bond donors (Lipinski definition) is 1. The van der Waals surface area contributed by atoms with Crippen LogP contribution in [-0.4, -0.2) is 17.1 Å². The zero-order valence-corrected chi connectivity index (χ0v) is 15.5. The minimum atomic E-state index is -0.740. The van der Waals surface area contributed by atoms with Crippen molar-refractivity contribution in [1.82, 2.24) is 4.57 Å². The number of primary amides is 1. The maximum atomic E-state index is 11.4. The molecule has 1 amide bonds. The highest BCUT2D eigenvalue weighted by Crippen LogP contribution is 2.24. The van der Waals surface area contributed by atoms with Gasteiger partial charge < -0.3 is 15.0 Å². The van der Waals surface area contributed by atoms with E-state index in [1.165, 1.54) is 6.08 Å². The first-order valence-electron chi connectivity index (χ1n) is 8.38. The van der Waals surface area contributed by atoms with Crippen LogP contribution in [0.15, 0.2) is 54.2 Å². The van der Waals surface area contributed by atoms with Crippen LogP contribution in [0.4, 0.5) is 0 Å². The van der Waals surface area contributed by atoms with Gasteiger partial charge in [-0.25, -0.2) is 0 Å². The maximum Gasteiger partial charge on any atom is 0.259 e. The molecule has 0 fully saturated rings. The highest BCUT2D eigenvalue weighted by molar-refractivity contribution is 6.31. The third-order valence-corrected chi connectivity index (χ3v) is 4.66. The molecule has 6 heteroatoms. The van der Waals surface area contributed by atoms with E-state index in [1.807, 2.05) is 66.2 Å². The summed E-state index contributed by atoms with van der Waals surface area (Å²) in [7, 11) is 0. The van der Waals surface area contributed by atoms with E-state index in [0.29, 0.717) is 18.2 Å². The number of nitrogens with zero attached hydrogens (tertiary/aromatic N) is 2. The summed E-state index contributed by atoms with van der Waals surface area (Å²) in [6.45, 7) is 3.00. The maximum absolute atomic E-state index is 11.4. The highest BCUT2D eigenvalue weighted by Gasteiger charge is 2.10. The first-order chi connectivity index (χ1) is 13.0. The molecule has 0 saturated heterocycles. The molecule has 0 aliphatic rings. The van der Waals surface area contributed by atoms with Crippen LogP contribution in [0.25, 0.3) is 17.0 Å². The third-order valence-electron chi connectivity index (χ3n) is 4.24. The molecular weight excluding hydrogens is 362 g/mol. The molecule has 0 atom stereocenters. The number of para-hydroxylation sites is 1. The molecule has 0 spiro atoms. The Balaban J connectivity index is 1.83. The van der Waals surface area contributed by atoms with Crippen LogP contribution in [0.2, 0.25) is 5.02 Å². The van der Waals surface area contributed by atoms with E-state index in [2.05, 4.69) is 0 Å². The summed E-state index contributed by atoms with van der Waals surface area (Å²) in [5.74, 6) is 0.0183. The second-order valence-electron chi connectivity index (χ2n) is 6.09. The van der Waals surface area contributed by atoms with Crippen molar-refractivity contribution in [3.63, 3.8) is 0 Å². The smallest absolute Gasteiger partial charge is 0.259 e. The molecule has 5 nitrogen and oxygen atoms in total. The third kappa shape index (κ3) is 4.13. The molecule has 27 heavy (non-hydrogen) atoms. The molecule has 0 bridgehead atoms. The number of ether oxygens (including phenoxy) is 1. The minimum absolute atomic E-state index is 0.0780. The number of carbonyl (C=O) groups excluding carboxylic acids is 1. The van der Waals surface area contributed by atoms with E-state index in [4.69, 9.17) is 27.3 Å². The molecule has 0 aliphatic heterocycles. The number of amides is 1. The van der Waals surface area contributed by atoms with Gasteiger partial charge in [-0.3, -0.25) is 4.79 Å². The Kier molecular flexibility index (Phi) is 5.49. The number of aryl methyl sites for hydroxylation is 1. The Morgan fingerprint density at radius 3 is 2.81 bits per heavy atom. The normalized spacial score (nSPS) is 11.4. The van der Waals surface area contributed by atoms with Crippen LogP contribution in [0.1, 0.15) is 11.1 Å². The predicted octanol–water partition coefficient (Wildman–Crippen LogP) is 4.07. The van der Waals surface area contributed by atoms with Crippen molar-refractivity contribution in [3.05, 3.63) is 70.4 Å². The van der Waals surface area contributed by atoms with Crippen LogP contribution in [0.3, 0.4) is 0 Å². The fourth-order valence-electron chi connectivity index (χ4n) is 2.86. The summed E-state index contributed by atoms with van der Waals surface area (Å²) in [6.07, 6.45) is 3.41. The van der Waals surface area contributed by atoms with Crippen molar-refractivity contribution < 1.29 is 9.53 Å². The van der Waals surface area contributed by atoms with Crippen molar-refractivity contribution in [2.45, 2.75) is 13.5 Å². The molecule has 2 N–H and O–H groups in total. The van der Waals surface area contributed by atoms with Crippen molar-refractivity contribution in [2.24, 2.45) is 5.73 Å². The van der Waals surface area contributed by atoms with Crippen LogP contribution in [0, 0.1) is 18.3 Å². The second-order valence-corrected chi connectivity index (χ2v) is 6.50. The number of benzene rings is 2. The van der Waals surface area contributed by atoms with Gasteiger partial charge in [0.15, 0.2) is 0 Å². The van der Waals surface area contributed by atoms with Crippen molar-refractivity contribution in [2.75, 3.05) is 6.61 Å². The Morgan fingerprint density at radius 1 is 1.33 bits per heavy atom. The fourth-order valence-corrected chi connectivity index (χ4v) is 2.98. The average Bonchev–Trinajstić information content (AvgIpc) is 3.00. The van der Waals surface area contributed by atoms with E-state index in [9.17, 15) is 4.79 Å². The molecule has 0 radical (unpaired) electrons.